The van der Waals surface area contributed by atoms with Crippen molar-refractivity contribution in [3.8, 4) is 0 Å². The van der Waals surface area contributed by atoms with Crippen LogP contribution >= 0.6 is 24.0 Å². The van der Waals surface area contributed by atoms with E-state index in [4.69, 9.17) is 4.74 Å². The number of ether oxygens (including phenoxy) is 1. The van der Waals surface area contributed by atoms with E-state index in [0.717, 1.165) is 19.4 Å². The third-order valence-electron chi connectivity index (χ3n) is 4.22. The molecule has 0 unspecified atom stereocenters. The summed E-state index contributed by atoms with van der Waals surface area (Å²) in [5.74, 6) is 0.683. The van der Waals surface area contributed by atoms with E-state index in [1.165, 1.54) is 38.5 Å². The zero-order valence-corrected chi connectivity index (χ0v) is 17.1. The van der Waals surface area contributed by atoms with Gasteiger partial charge in [0.05, 0.1) is 12.7 Å². The first kappa shape index (κ1) is 21.5. The second-order valence-electron chi connectivity index (χ2n) is 6.45. The fourth-order valence-electron chi connectivity index (χ4n) is 2.80. The number of carbonyl (C=O) groups excluding carboxylic acids is 1. The Morgan fingerprint density at radius 3 is 2.42 bits per heavy atom. The average Bonchev–Trinajstić information content (AvgIpc) is 3.36. The van der Waals surface area contributed by atoms with E-state index in [-0.39, 0.29) is 36.4 Å². The van der Waals surface area contributed by atoms with Crippen LogP contribution in [-0.4, -0.2) is 50.3 Å². The van der Waals surface area contributed by atoms with Crippen LogP contribution in [0.15, 0.2) is 4.99 Å². The first-order chi connectivity index (χ1) is 11.3. The molecule has 0 aromatic heterocycles. The second-order valence-corrected chi connectivity index (χ2v) is 6.45. The van der Waals surface area contributed by atoms with Crippen LogP contribution in [0.25, 0.3) is 0 Å². The number of carbonyl (C=O) groups is 1. The van der Waals surface area contributed by atoms with E-state index < -0.39 is 0 Å². The van der Waals surface area contributed by atoms with Gasteiger partial charge in [-0.25, -0.2) is 4.99 Å². The molecule has 0 aliphatic heterocycles. The number of hydrogen-bond acceptors (Lipinski definition) is 3. The highest BCUT2D eigenvalue weighted by Crippen LogP contribution is 2.19. The summed E-state index contributed by atoms with van der Waals surface area (Å²) in [6, 6.07) is 0.390. The normalized spacial score (nSPS) is 19.1. The molecule has 0 aromatic rings. The van der Waals surface area contributed by atoms with E-state index in [9.17, 15) is 4.79 Å². The number of nitrogens with one attached hydrogen (secondary N) is 3. The highest BCUT2D eigenvalue weighted by Gasteiger charge is 2.22. The fraction of sp³-hybridized carbons (Fsp3) is 0.882. The largest absolute Gasteiger partial charge is 0.376 e. The van der Waals surface area contributed by atoms with Crippen LogP contribution in [0.5, 0.6) is 0 Å². The molecule has 2 aliphatic carbocycles. The lowest BCUT2D eigenvalue weighted by Gasteiger charge is -2.16. The van der Waals surface area contributed by atoms with Gasteiger partial charge in [-0.3, -0.25) is 4.79 Å². The van der Waals surface area contributed by atoms with Crippen molar-refractivity contribution in [1.82, 2.24) is 16.0 Å². The van der Waals surface area contributed by atoms with Crippen LogP contribution in [-0.2, 0) is 9.53 Å². The van der Waals surface area contributed by atoms with Crippen LogP contribution in [0.1, 0.15) is 58.3 Å². The molecule has 6 nitrogen and oxygen atoms in total. The molecule has 0 saturated heterocycles. The first-order valence-electron chi connectivity index (χ1n) is 9.21. The van der Waals surface area contributed by atoms with Gasteiger partial charge in [0, 0.05) is 19.1 Å². The SMILES string of the molecule is CCNC(=NCC(=O)NC1CC1)NCCOC1CCCCCC1.I. The van der Waals surface area contributed by atoms with Crippen LogP contribution in [0, 0.1) is 0 Å². The molecule has 24 heavy (non-hydrogen) atoms. The second kappa shape index (κ2) is 12.7. The number of halogens is 1. The first-order valence-corrected chi connectivity index (χ1v) is 9.21. The highest BCUT2D eigenvalue weighted by molar-refractivity contribution is 14.0. The van der Waals surface area contributed by atoms with Crippen LogP contribution < -0.4 is 16.0 Å². The van der Waals surface area contributed by atoms with E-state index >= 15 is 0 Å². The van der Waals surface area contributed by atoms with Crippen molar-refractivity contribution in [1.29, 1.82) is 0 Å². The number of nitrogens with zero attached hydrogens (tertiary/aromatic N) is 1. The Hall–Kier alpha value is -0.570. The summed E-state index contributed by atoms with van der Waals surface area (Å²) in [6.45, 7) is 4.37. The summed E-state index contributed by atoms with van der Waals surface area (Å²) >= 11 is 0. The minimum absolute atomic E-state index is 0. The van der Waals surface area contributed by atoms with Gasteiger partial charge < -0.3 is 20.7 Å². The number of hydrogen-bond donors (Lipinski definition) is 3. The Morgan fingerprint density at radius 2 is 1.79 bits per heavy atom. The monoisotopic (exact) mass is 452 g/mol. The molecule has 0 heterocycles. The zero-order chi connectivity index (χ0) is 16.3. The van der Waals surface area contributed by atoms with Crippen molar-refractivity contribution in [2.24, 2.45) is 4.99 Å². The van der Waals surface area contributed by atoms with Gasteiger partial charge in [0.25, 0.3) is 0 Å². The van der Waals surface area contributed by atoms with E-state index in [0.29, 0.717) is 31.3 Å². The lowest BCUT2D eigenvalue weighted by Crippen LogP contribution is -2.40. The van der Waals surface area contributed by atoms with Crippen molar-refractivity contribution in [3.63, 3.8) is 0 Å². The predicted octanol–water partition coefficient (Wildman–Crippen LogP) is 2.18. The Bertz CT molecular complexity index is 381. The summed E-state index contributed by atoms with van der Waals surface area (Å²) in [6.07, 6.45) is 10.3. The molecule has 3 N–H and O–H groups in total. The molecule has 2 aliphatic rings. The molecule has 0 spiro atoms. The third-order valence-corrected chi connectivity index (χ3v) is 4.22. The van der Waals surface area contributed by atoms with Gasteiger partial charge in [0.1, 0.15) is 6.54 Å². The molecule has 2 fully saturated rings. The molecular formula is C17H33IN4O2. The summed E-state index contributed by atoms with van der Waals surface area (Å²) in [7, 11) is 0. The Morgan fingerprint density at radius 1 is 1.08 bits per heavy atom. The highest BCUT2D eigenvalue weighted by atomic mass is 127. The van der Waals surface area contributed by atoms with Gasteiger partial charge in [-0.05, 0) is 32.6 Å². The van der Waals surface area contributed by atoms with Gasteiger partial charge in [0.15, 0.2) is 5.96 Å². The molecule has 0 radical (unpaired) electrons. The minimum Gasteiger partial charge on any atom is -0.376 e. The lowest BCUT2D eigenvalue weighted by atomic mass is 10.1. The maximum Gasteiger partial charge on any atom is 0.242 e. The summed E-state index contributed by atoms with van der Waals surface area (Å²) in [4.78, 5) is 16.0. The molecule has 0 aromatic carbocycles. The van der Waals surface area contributed by atoms with Crippen molar-refractivity contribution >= 4 is 35.8 Å². The van der Waals surface area contributed by atoms with E-state index in [1.807, 2.05) is 6.92 Å². The van der Waals surface area contributed by atoms with Gasteiger partial charge in [-0.15, -0.1) is 24.0 Å². The standard InChI is InChI=1S/C17H32N4O2.HI/c1-2-18-17(20-13-16(22)21-14-9-10-14)19-11-12-23-15-7-5-3-4-6-8-15;/h14-15H,2-13H2,1H3,(H,21,22)(H2,18,19,20);1H. The van der Waals surface area contributed by atoms with Crippen molar-refractivity contribution < 1.29 is 9.53 Å². The molecular weight excluding hydrogens is 419 g/mol. The number of amides is 1. The van der Waals surface area contributed by atoms with Crippen LogP contribution in [0.3, 0.4) is 0 Å². The quantitative estimate of drug-likeness (QED) is 0.174. The number of rotatable bonds is 8. The molecule has 2 rings (SSSR count). The Kier molecular flexibility index (Phi) is 11.4. The maximum absolute atomic E-state index is 11.7. The van der Waals surface area contributed by atoms with Gasteiger partial charge in [0.2, 0.25) is 5.91 Å². The average molecular weight is 452 g/mol. The Balaban J connectivity index is 0.00000288. The van der Waals surface area contributed by atoms with Crippen LogP contribution in [0.4, 0.5) is 0 Å². The van der Waals surface area contributed by atoms with E-state index in [1.54, 1.807) is 0 Å². The van der Waals surface area contributed by atoms with Crippen molar-refractivity contribution in [2.45, 2.75) is 70.4 Å². The number of guanidine groups is 1. The van der Waals surface area contributed by atoms with E-state index in [2.05, 4.69) is 20.9 Å². The summed E-state index contributed by atoms with van der Waals surface area (Å²) < 4.78 is 5.95. The molecule has 0 bridgehead atoms. The Labute approximate surface area is 163 Å². The summed E-state index contributed by atoms with van der Waals surface area (Å²) in [5, 5.41) is 9.33. The van der Waals surface area contributed by atoms with Gasteiger partial charge in [-0.2, -0.15) is 0 Å². The fourth-order valence-corrected chi connectivity index (χ4v) is 2.80. The molecule has 0 atom stereocenters. The smallest absolute Gasteiger partial charge is 0.242 e. The molecule has 2 saturated carbocycles. The molecule has 7 heteroatoms. The maximum atomic E-state index is 11.7. The number of aliphatic imine (C=N–C) groups is 1. The van der Waals surface area contributed by atoms with Gasteiger partial charge in [-0.1, -0.05) is 25.7 Å². The van der Waals surface area contributed by atoms with Crippen LogP contribution in [0.2, 0.25) is 0 Å². The lowest BCUT2D eigenvalue weighted by molar-refractivity contribution is -0.119. The summed E-state index contributed by atoms with van der Waals surface area (Å²) in [5.41, 5.74) is 0. The van der Waals surface area contributed by atoms with Crippen molar-refractivity contribution in [3.05, 3.63) is 0 Å². The predicted molar refractivity (Wildman–Crippen MR) is 108 cm³/mol. The third kappa shape index (κ3) is 9.66. The zero-order valence-electron chi connectivity index (χ0n) is 14.8. The molecule has 140 valence electrons. The molecule has 1 amide bonds. The van der Waals surface area contributed by atoms with Crippen molar-refractivity contribution in [2.75, 3.05) is 26.2 Å². The topological polar surface area (TPSA) is 74.8 Å². The minimum atomic E-state index is -0.000548. The van der Waals surface area contributed by atoms with Gasteiger partial charge >= 0.3 is 0 Å².